The third-order valence-electron chi connectivity index (χ3n) is 3.92. The fourth-order valence-corrected chi connectivity index (χ4v) is 3.46. The number of aryl methyl sites for hydroxylation is 1. The lowest BCUT2D eigenvalue weighted by molar-refractivity contribution is 0.103. The minimum atomic E-state index is -0.340. The molecule has 0 spiro atoms. The van der Waals surface area contributed by atoms with E-state index in [1.807, 2.05) is 54.6 Å². The third-order valence-corrected chi connectivity index (χ3v) is 4.76. The maximum absolute atomic E-state index is 12.8. The Morgan fingerprint density at radius 1 is 1.04 bits per heavy atom. The number of H-pyrrole nitrogens is 1. The highest BCUT2D eigenvalue weighted by molar-refractivity contribution is 7.09. The molecule has 6 nitrogen and oxygen atoms in total. The molecule has 1 amide bonds. The highest BCUT2D eigenvalue weighted by atomic mass is 32.1. The largest absolute Gasteiger partial charge is 0.321 e. The number of hydrogen-bond donors (Lipinski definition) is 2. The Labute approximate surface area is 152 Å². The molecule has 2 aromatic heterocycles. The minimum Gasteiger partial charge on any atom is -0.321 e. The molecular formula is C19H14N4O2S. The molecule has 7 heteroatoms. The predicted molar refractivity (Wildman–Crippen MR) is 103 cm³/mol. The number of carbonyl (C=O) groups excluding carboxylic acids is 1. The monoisotopic (exact) mass is 362 g/mol. The second-order valence-electron chi connectivity index (χ2n) is 5.73. The molecule has 2 heterocycles. The second kappa shape index (κ2) is 6.53. The van der Waals surface area contributed by atoms with E-state index in [4.69, 9.17) is 0 Å². The molecule has 0 aliphatic heterocycles. The Kier molecular flexibility index (Phi) is 4.06. The van der Waals surface area contributed by atoms with E-state index in [1.54, 1.807) is 6.92 Å². The minimum absolute atomic E-state index is 0.182. The topological polar surface area (TPSA) is 87.7 Å². The van der Waals surface area contributed by atoms with Gasteiger partial charge in [0.05, 0.1) is 0 Å². The number of nitrogens with zero attached hydrogens (tertiary/aromatic N) is 2. The molecule has 0 saturated heterocycles. The van der Waals surface area contributed by atoms with Crippen molar-refractivity contribution in [1.82, 2.24) is 14.3 Å². The lowest BCUT2D eigenvalue weighted by Crippen LogP contribution is -2.14. The van der Waals surface area contributed by atoms with Gasteiger partial charge in [-0.1, -0.05) is 48.5 Å². The summed E-state index contributed by atoms with van der Waals surface area (Å²) >= 11 is 0.970. The number of carbonyl (C=O) groups is 1. The first-order valence-electron chi connectivity index (χ1n) is 7.95. The standard InChI is InChI=1S/C19H14N4O2S/c1-11-20-15-16(18(24)21-11)23-26-17(15)19(25)22-14-10-6-5-9-13(14)12-7-3-2-4-8-12/h2-10H,1H3,(H,22,25)(H,20,21,24). The fraction of sp³-hybridized carbons (Fsp3) is 0.0526. The van der Waals surface area contributed by atoms with Gasteiger partial charge in [0.25, 0.3) is 11.5 Å². The summed E-state index contributed by atoms with van der Waals surface area (Å²) in [6.07, 6.45) is 0. The summed E-state index contributed by atoms with van der Waals surface area (Å²) < 4.78 is 4.08. The smallest absolute Gasteiger partial charge is 0.278 e. The van der Waals surface area contributed by atoms with Crippen LogP contribution in [0, 0.1) is 6.92 Å². The van der Waals surface area contributed by atoms with E-state index in [9.17, 15) is 9.59 Å². The number of aromatic amines is 1. The van der Waals surface area contributed by atoms with E-state index in [1.165, 1.54) is 0 Å². The Morgan fingerprint density at radius 3 is 2.58 bits per heavy atom. The Morgan fingerprint density at radius 2 is 1.77 bits per heavy atom. The number of amides is 1. The van der Waals surface area contributed by atoms with Gasteiger partial charge in [-0.15, -0.1) is 0 Å². The zero-order valence-electron chi connectivity index (χ0n) is 13.8. The molecular weight excluding hydrogens is 348 g/mol. The van der Waals surface area contributed by atoms with Crippen molar-refractivity contribution < 1.29 is 4.79 Å². The maximum atomic E-state index is 12.8. The van der Waals surface area contributed by atoms with Gasteiger partial charge in [-0.25, -0.2) is 4.98 Å². The zero-order valence-corrected chi connectivity index (χ0v) is 14.6. The van der Waals surface area contributed by atoms with Crippen LogP contribution < -0.4 is 10.9 Å². The lowest BCUT2D eigenvalue weighted by atomic mass is 10.0. The average Bonchev–Trinajstić information content (AvgIpc) is 3.07. The van der Waals surface area contributed by atoms with Crippen molar-refractivity contribution in [1.29, 1.82) is 0 Å². The number of benzene rings is 2. The molecule has 0 aliphatic carbocycles. The van der Waals surface area contributed by atoms with E-state index >= 15 is 0 Å². The van der Waals surface area contributed by atoms with Gasteiger partial charge in [0.1, 0.15) is 16.2 Å². The molecule has 0 atom stereocenters. The molecule has 0 fully saturated rings. The number of anilines is 1. The number of rotatable bonds is 3. The van der Waals surface area contributed by atoms with Gasteiger partial charge in [-0.2, -0.15) is 4.37 Å². The molecule has 26 heavy (non-hydrogen) atoms. The first-order chi connectivity index (χ1) is 12.6. The number of aromatic nitrogens is 3. The molecule has 2 N–H and O–H groups in total. The van der Waals surface area contributed by atoms with Crippen LogP contribution in [0.3, 0.4) is 0 Å². The average molecular weight is 362 g/mol. The van der Waals surface area contributed by atoms with Crippen molar-refractivity contribution in [3.05, 3.63) is 75.7 Å². The molecule has 4 aromatic rings. The van der Waals surface area contributed by atoms with E-state index in [2.05, 4.69) is 19.7 Å². The summed E-state index contributed by atoms with van der Waals surface area (Å²) in [6, 6.07) is 17.4. The first-order valence-corrected chi connectivity index (χ1v) is 8.73. The van der Waals surface area contributed by atoms with Crippen molar-refractivity contribution in [2.75, 3.05) is 5.32 Å². The summed E-state index contributed by atoms with van der Waals surface area (Å²) in [5, 5.41) is 2.92. The van der Waals surface area contributed by atoms with Gasteiger partial charge in [-0.3, -0.25) is 9.59 Å². The predicted octanol–water partition coefficient (Wildman–Crippen LogP) is 3.61. The van der Waals surface area contributed by atoms with Crippen molar-refractivity contribution in [2.24, 2.45) is 0 Å². The van der Waals surface area contributed by atoms with E-state index < -0.39 is 0 Å². The van der Waals surface area contributed by atoms with Gasteiger partial charge in [0.2, 0.25) is 0 Å². The van der Waals surface area contributed by atoms with Gasteiger partial charge < -0.3 is 10.3 Å². The second-order valence-corrected chi connectivity index (χ2v) is 6.50. The molecule has 0 unspecified atom stereocenters. The van der Waals surface area contributed by atoms with Gasteiger partial charge in [0, 0.05) is 11.3 Å². The number of para-hydroxylation sites is 1. The summed E-state index contributed by atoms with van der Waals surface area (Å²) in [5.41, 5.74) is 2.77. The highest BCUT2D eigenvalue weighted by Gasteiger charge is 2.19. The van der Waals surface area contributed by atoms with Crippen molar-refractivity contribution in [2.45, 2.75) is 6.92 Å². The number of hydrogen-bond acceptors (Lipinski definition) is 5. The van der Waals surface area contributed by atoms with Crippen LogP contribution in [-0.2, 0) is 0 Å². The normalized spacial score (nSPS) is 10.8. The summed E-state index contributed by atoms with van der Waals surface area (Å²) in [7, 11) is 0. The number of fused-ring (bicyclic) bond motifs is 1. The molecule has 0 bridgehead atoms. The van der Waals surface area contributed by atoms with Crippen molar-refractivity contribution >= 4 is 34.2 Å². The molecule has 0 radical (unpaired) electrons. The summed E-state index contributed by atoms with van der Waals surface area (Å²) in [4.78, 5) is 31.9. The Hall–Kier alpha value is -3.32. The van der Waals surface area contributed by atoms with Crippen LogP contribution in [0.5, 0.6) is 0 Å². The molecule has 2 aromatic carbocycles. The van der Waals surface area contributed by atoms with Crippen LogP contribution in [0.15, 0.2) is 59.4 Å². The Balaban J connectivity index is 1.74. The van der Waals surface area contributed by atoms with Crippen LogP contribution in [0.25, 0.3) is 22.2 Å². The maximum Gasteiger partial charge on any atom is 0.278 e. The van der Waals surface area contributed by atoms with Crippen LogP contribution in [0.1, 0.15) is 15.5 Å². The van der Waals surface area contributed by atoms with E-state index in [-0.39, 0.29) is 17.0 Å². The summed E-state index contributed by atoms with van der Waals surface area (Å²) in [6.45, 7) is 1.67. The molecule has 4 rings (SSSR count). The van der Waals surface area contributed by atoms with E-state index in [0.717, 1.165) is 22.7 Å². The lowest BCUT2D eigenvalue weighted by Gasteiger charge is -2.10. The van der Waals surface area contributed by atoms with Crippen LogP contribution in [-0.4, -0.2) is 20.2 Å². The highest BCUT2D eigenvalue weighted by Crippen LogP contribution is 2.28. The first kappa shape index (κ1) is 16.2. The van der Waals surface area contributed by atoms with Crippen LogP contribution >= 0.6 is 11.5 Å². The quantitative estimate of drug-likeness (QED) is 0.583. The SMILES string of the molecule is Cc1nc2c(C(=O)Nc3ccccc3-c3ccccc3)snc2c(=O)[nH]1. The van der Waals surface area contributed by atoms with Crippen molar-refractivity contribution in [3.63, 3.8) is 0 Å². The fourth-order valence-electron chi connectivity index (χ4n) is 2.75. The molecule has 0 saturated carbocycles. The molecule has 128 valence electrons. The Bertz CT molecular complexity index is 1170. The van der Waals surface area contributed by atoms with Gasteiger partial charge >= 0.3 is 0 Å². The van der Waals surface area contributed by atoms with Gasteiger partial charge in [-0.05, 0) is 30.1 Å². The van der Waals surface area contributed by atoms with Crippen LogP contribution in [0.2, 0.25) is 0 Å². The number of nitrogens with one attached hydrogen (secondary N) is 2. The molecule has 0 aliphatic rings. The van der Waals surface area contributed by atoms with Crippen LogP contribution in [0.4, 0.5) is 5.69 Å². The zero-order chi connectivity index (χ0) is 18.1. The third kappa shape index (κ3) is 2.89. The van der Waals surface area contributed by atoms with E-state index in [0.29, 0.717) is 21.9 Å². The van der Waals surface area contributed by atoms with Gasteiger partial charge in [0.15, 0.2) is 5.52 Å². The van der Waals surface area contributed by atoms with Crippen molar-refractivity contribution in [3.8, 4) is 11.1 Å². The summed E-state index contributed by atoms with van der Waals surface area (Å²) in [5.74, 6) is 0.111.